The standard InChI is InChI=1S/C7H15N.C2H6O.C2H6/c1-7(2)4-5-8(3)6-7;1-3-2;1-2/h4-6H2,1-3H3;1-2H3;1-2H3. The van der Waals surface area contributed by atoms with Gasteiger partial charge in [-0.05, 0) is 25.4 Å². The van der Waals surface area contributed by atoms with E-state index >= 15 is 0 Å². The van der Waals surface area contributed by atoms with Crippen LogP contribution in [0.3, 0.4) is 0 Å². The number of hydrogen-bond donors (Lipinski definition) is 0. The highest BCUT2D eigenvalue weighted by Gasteiger charge is 2.26. The molecule has 0 saturated carbocycles. The van der Waals surface area contributed by atoms with Crippen LogP contribution in [0.25, 0.3) is 0 Å². The molecule has 0 amide bonds. The Balaban J connectivity index is 0. The summed E-state index contributed by atoms with van der Waals surface area (Å²) in [5.41, 5.74) is 0.592. The monoisotopic (exact) mass is 189 g/mol. The topological polar surface area (TPSA) is 12.5 Å². The van der Waals surface area contributed by atoms with Crippen molar-refractivity contribution < 1.29 is 4.74 Å². The molecule has 1 heterocycles. The number of methoxy groups -OCH3 is 1. The molecule has 13 heavy (non-hydrogen) atoms. The molecule has 0 N–H and O–H groups in total. The predicted molar refractivity (Wildman–Crippen MR) is 60.2 cm³/mol. The molecular formula is C11H27NO. The molecule has 0 bridgehead atoms. The molecule has 1 saturated heterocycles. The van der Waals surface area contributed by atoms with Crippen molar-refractivity contribution >= 4 is 0 Å². The third-order valence-corrected chi connectivity index (χ3v) is 1.87. The van der Waals surface area contributed by atoms with Gasteiger partial charge in [-0.15, -0.1) is 0 Å². The lowest BCUT2D eigenvalue weighted by atomic mass is 9.93. The Hall–Kier alpha value is -0.0800. The SMILES string of the molecule is CC.CN1CCC(C)(C)C1.COC. The van der Waals surface area contributed by atoms with Gasteiger partial charge in [0.05, 0.1) is 0 Å². The first kappa shape index (κ1) is 15.4. The fourth-order valence-corrected chi connectivity index (χ4v) is 1.38. The summed E-state index contributed by atoms with van der Waals surface area (Å²) in [7, 11) is 5.44. The van der Waals surface area contributed by atoms with Gasteiger partial charge in [0.15, 0.2) is 0 Å². The first-order valence-electron chi connectivity index (χ1n) is 5.10. The van der Waals surface area contributed by atoms with Crippen molar-refractivity contribution in [2.75, 3.05) is 34.4 Å². The van der Waals surface area contributed by atoms with E-state index in [1.165, 1.54) is 19.5 Å². The van der Waals surface area contributed by atoms with Crippen LogP contribution in [0.5, 0.6) is 0 Å². The quantitative estimate of drug-likeness (QED) is 0.581. The second-order valence-electron chi connectivity index (χ2n) is 4.06. The van der Waals surface area contributed by atoms with Gasteiger partial charge >= 0.3 is 0 Å². The number of rotatable bonds is 0. The molecule has 0 atom stereocenters. The van der Waals surface area contributed by atoms with Gasteiger partial charge in [0.1, 0.15) is 0 Å². The number of ether oxygens (including phenoxy) is 1. The predicted octanol–water partition coefficient (Wildman–Crippen LogP) is 2.64. The van der Waals surface area contributed by atoms with E-state index in [1.807, 2.05) is 13.8 Å². The van der Waals surface area contributed by atoms with Gasteiger partial charge in [-0.1, -0.05) is 27.7 Å². The second-order valence-corrected chi connectivity index (χ2v) is 4.06. The summed E-state index contributed by atoms with van der Waals surface area (Å²) >= 11 is 0. The maximum absolute atomic E-state index is 4.25. The molecule has 1 aliphatic rings. The number of nitrogens with zero attached hydrogens (tertiary/aromatic N) is 1. The van der Waals surface area contributed by atoms with E-state index in [9.17, 15) is 0 Å². The Morgan fingerprint density at radius 2 is 1.54 bits per heavy atom. The van der Waals surface area contributed by atoms with E-state index in [1.54, 1.807) is 14.2 Å². The molecule has 1 rings (SSSR count). The van der Waals surface area contributed by atoms with Crippen LogP contribution >= 0.6 is 0 Å². The molecule has 2 nitrogen and oxygen atoms in total. The zero-order valence-corrected chi connectivity index (χ0v) is 10.5. The maximum atomic E-state index is 4.25. The van der Waals surface area contributed by atoms with Gasteiger partial charge in [0.25, 0.3) is 0 Å². The minimum atomic E-state index is 0.592. The van der Waals surface area contributed by atoms with Gasteiger partial charge < -0.3 is 9.64 Å². The summed E-state index contributed by atoms with van der Waals surface area (Å²) < 4.78 is 4.25. The highest BCUT2D eigenvalue weighted by atomic mass is 16.4. The molecule has 0 spiro atoms. The molecule has 0 aromatic rings. The van der Waals surface area contributed by atoms with Gasteiger partial charge in [-0.2, -0.15) is 0 Å². The lowest BCUT2D eigenvalue weighted by Gasteiger charge is -2.15. The summed E-state index contributed by atoms with van der Waals surface area (Å²) in [6.07, 6.45) is 1.36. The Morgan fingerprint density at radius 3 is 1.62 bits per heavy atom. The first-order valence-corrected chi connectivity index (χ1v) is 5.10. The van der Waals surface area contributed by atoms with Crippen LogP contribution in [-0.2, 0) is 4.74 Å². The fraction of sp³-hybridized carbons (Fsp3) is 1.00. The summed E-state index contributed by atoms with van der Waals surface area (Å²) in [6, 6.07) is 0. The Labute approximate surface area is 84.3 Å². The molecule has 0 aliphatic carbocycles. The van der Waals surface area contributed by atoms with Crippen LogP contribution < -0.4 is 0 Å². The average Bonchev–Trinajstić information content (AvgIpc) is 2.35. The highest BCUT2D eigenvalue weighted by Crippen LogP contribution is 2.26. The van der Waals surface area contributed by atoms with E-state index in [0.717, 1.165) is 0 Å². The summed E-state index contributed by atoms with van der Waals surface area (Å²) in [6.45, 7) is 11.2. The summed E-state index contributed by atoms with van der Waals surface area (Å²) in [5, 5.41) is 0. The zero-order chi connectivity index (χ0) is 10.9. The van der Waals surface area contributed by atoms with Gasteiger partial charge in [-0.25, -0.2) is 0 Å². The van der Waals surface area contributed by atoms with E-state index in [0.29, 0.717) is 5.41 Å². The van der Waals surface area contributed by atoms with Crippen molar-refractivity contribution in [1.29, 1.82) is 0 Å². The lowest BCUT2D eigenvalue weighted by molar-refractivity contribution is 0.277. The largest absolute Gasteiger partial charge is 0.388 e. The van der Waals surface area contributed by atoms with Crippen molar-refractivity contribution in [1.82, 2.24) is 4.90 Å². The minimum absolute atomic E-state index is 0.592. The first-order chi connectivity index (χ1) is 6.02. The molecule has 0 aromatic carbocycles. The highest BCUT2D eigenvalue weighted by molar-refractivity contribution is 4.79. The van der Waals surface area contributed by atoms with Crippen molar-refractivity contribution in [3.05, 3.63) is 0 Å². The van der Waals surface area contributed by atoms with E-state index < -0.39 is 0 Å². The molecule has 82 valence electrons. The molecule has 1 aliphatic heterocycles. The molecule has 1 fully saturated rings. The van der Waals surface area contributed by atoms with Crippen molar-refractivity contribution in [3.8, 4) is 0 Å². The van der Waals surface area contributed by atoms with Crippen LogP contribution in [0.4, 0.5) is 0 Å². The van der Waals surface area contributed by atoms with Crippen molar-refractivity contribution in [2.24, 2.45) is 5.41 Å². The van der Waals surface area contributed by atoms with Gasteiger partial charge in [0.2, 0.25) is 0 Å². The smallest absolute Gasteiger partial charge is 0.0351 e. The van der Waals surface area contributed by atoms with Crippen LogP contribution in [0.15, 0.2) is 0 Å². The van der Waals surface area contributed by atoms with Gasteiger partial charge in [0, 0.05) is 20.8 Å². The Morgan fingerprint density at radius 1 is 1.15 bits per heavy atom. The number of likely N-dealkylation sites (tertiary alicyclic amines) is 1. The van der Waals surface area contributed by atoms with E-state index in [2.05, 4.69) is 30.5 Å². The molecule has 0 unspecified atom stereocenters. The Bertz CT molecular complexity index is 102. The Kier molecular flexibility index (Phi) is 10.1. The van der Waals surface area contributed by atoms with Crippen LogP contribution in [-0.4, -0.2) is 39.3 Å². The van der Waals surface area contributed by atoms with Gasteiger partial charge in [-0.3, -0.25) is 0 Å². The molecule has 0 radical (unpaired) electrons. The maximum Gasteiger partial charge on any atom is 0.0351 e. The van der Waals surface area contributed by atoms with Crippen LogP contribution in [0.1, 0.15) is 34.1 Å². The minimum Gasteiger partial charge on any atom is -0.388 e. The van der Waals surface area contributed by atoms with Crippen molar-refractivity contribution in [2.45, 2.75) is 34.1 Å². The van der Waals surface area contributed by atoms with Crippen molar-refractivity contribution in [3.63, 3.8) is 0 Å². The summed E-state index contributed by atoms with van der Waals surface area (Å²) in [5.74, 6) is 0. The third kappa shape index (κ3) is 9.84. The van der Waals surface area contributed by atoms with E-state index in [4.69, 9.17) is 0 Å². The average molecular weight is 189 g/mol. The van der Waals surface area contributed by atoms with E-state index in [-0.39, 0.29) is 0 Å². The lowest BCUT2D eigenvalue weighted by Crippen LogP contribution is -2.18. The molecule has 0 aromatic heterocycles. The fourth-order valence-electron chi connectivity index (χ4n) is 1.38. The number of hydrogen-bond acceptors (Lipinski definition) is 2. The second kappa shape index (κ2) is 8.52. The summed E-state index contributed by atoms with van der Waals surface area (Å²) in [4.78, 5) is 2.39. The molecular weight excluding hydrogens is 162 g/mol. The molecule has 2 heteroatoms. The zero-order valence-electron chi connectivity index (χ0n) is 10.5. The van der Waals surface area contributed by atoms with Crippen LogP contribution in [0, 0.1) is 5.41 Å². The third-order valence-electron chi connectivity index (χ3n) is 1.87. The van der Waals surface area contributed by atoms with Crippen LogP contribution in [0.2, 0.25) is 0 Å². The normalized spacial score (nSPS) is 19.6.